The number of hydrogen-bond acceptors (Lipinski definition) is 4. The molecular weight excluding hydrogens is 443 g/mol. The van der Waals surface area contributed by atoms with Crippen LogP contribution in [-0.4, -0.2) is 50.2 Å². The summed E-state index contributed by atoms with van der Waals surface area (Å²) in [6.07, 6.45) is 2.65. The molecule has 1 amide bonds. The summed E-state index contributed by atoms with van der Waals surface area (Å²) in [5.74, 6) is 1.40. The highest BCUT2D eigenvalue weighted by atomic mass is 19.4. The monoisotopic (exact) mass is 475 g/mol. The number of halogens is 3. The molecule has 4 aliphatic rings. The summed E-state index contributed by atoms with van der Waals surface area (Å²) in [4.78, 5) is 17.0. The molecule has 1 aromatic carbocycles. The maximum atomic E-state index is 13.5. The molecule has 5 nitrogen and oxygen atoms in total. The van der Waals surface area contributed by atoms with Gasteiger partial charge in [-0.05, 0) is 68.1 Å². The molecule has 2 heterocycles. The van der Waals surface area contributed by atoms with Gasteiger partial charge in [0.15, 0.2) is 0 Å². The number of carbonyl (C=O) groups excluding carboxylic acids is 1. The Hall–Kier alpha value is -2.27. The van der Waals surface area contributed by atoms with Crippen molar-refractivity contribution in [3.05, 3.63) is 29.3 Å². The van der Waals surface area contributed by atoms with Crippen LogP contribution >= 0.6 is 0 Å². The van der Waals surface area contributed by atoms with Crippen LogP contribution in [-0.2, 0) is 15.7 Å². The van der Waals surface area contributed by atoms with Gasteiger partial charge < -0.3 is 14.5 Å². The van der Waals surface area contributed by atoms with Crippen LogP contribution in [0.25, 0.3) is 0 Å². The van der Waals surface area contributed by atoms with Crippen molar-refractivity contribution in [2.24, 2.45) is 23.2 Å². The van der Waals surface area contributed by atoms with Crippen LogP contribution in [0.3, 0.4) is 0 Å². The minimum atomic E-state index is -4.56. The fraction of sp³-hybridized carbons (Fsp3) is 0.692. The minimum Gasteiger partial charge on any atom is -0.381 e. The summed E-state index contributed by atoms with van der Waals surface area (Å²) >= 11 is 0. The molecule has 1 atom stereocenters. The molecule has 2 aliphatic carbocycles. The molecule has 5 rings (SSSR count). The lowest BCUT2D eigenvalue weighted by Gasteiger charge is -2.43. The Morgan fingerprint density at radius 3 is 2.47 bits per heavy atom. The van der Waals surface area contributed by atoms with Crippen molar-refractivity contribution < 1.29 is 22.7 Å². The molecule has 8 heteroatoms. The lowest BCUT2D eigenvalue weighted by Crippen LogP contribution is -2.46. The molecule has 1 unspecified atom stereocenters. The Morgan fingerprint density at radius 2 is 1.88 bits per heavy atom. The van der Waals surface area contributed by atoms with E-state index in [9.17, 15) is 18.0 Å². The van der Waals surface area contributed by atoms with Crippen molar-refractivity contribution in [3.8, 4) is 6.07 Å². The Kier molecular flexibility index (Phi) is 6.26. The molecule has 2 aliphatic heterocycles. The van der Waals surface area contributed by atoms with E-state index in [1.807, 2.05) is 9.80 Å². The quantitative estimate of drug-likeness (QED) is 0.590. The molecule has 184 valence electrons. The van der Waals surface area contributed by atoms with Crippen molar-refractivity contribution in [2.75, 3.05) is 44.3 Å². The van der Waals surface area contributed by atoms with Crippen molar-refractivity contribution in [3.63, 3.8) is 0 Å². The molecule has 0 aromatic heterocycles. The number of nitriles is 1. The lowest BCUT2D eigenvalue weighted by atomic mass is 9.71. The molecule has 1 aromatic rings. The summed E-state index contributed by atoms with van der Waals surface area (Å²) in [6.45, 7) is 4.17. The van der Waals surface area contributed by atoms with E-state index in [0.717, 1.165) is 57.9 Å². The Balaban J connectivity index is 1.29. The number of nitrogens with zero attached hydrogens (tertiary/aromatic N) is 3. The maximum absolute atomic E-state index is 13.5. The molecule has 4 fully saturated rings. The first-order valence-electron chi connectivity index (χ1n) is 12.5. The van der Waals surface area contributed by atoms with Gasteiger partial charge in [0, 0.05) is 50.3 Å². The summed E-state index contributed by atoms with van der Waals surface area (Å²) in [6, 6.07) is 5.64. The molecule has 0 radical (unpaired) electrons. The average molecular weight is 476 g/mol. The molecular formula is C26H32F3N3O2. The standard InChI is InChI=1S/C26H32F3N3O2/c27-26(28,29)23-12-22(7-6-20(23)13-30)31-10-8-25(9-11-31)17-32(24(33)19-2-1-3-19)14-21(25)16-34-15-18-4-5-18/h6-7,12,18-19,21H,1-5,8-11,14-17H2. The number of piperidine rings is 1. The molecule has 1 spiro atoms. The van der Waals surface area contributed by atoms with Crippen LogP contribution in [0, 0.1) is 34.5 Å². The van der Waals surface area contributed by atoms with Crippen molar-refractivity contribution >= 4 is 11.6 Å². The second kappa shape index (κ2) is 9.07. The van der Waals surface area contributed by atoms with E-state index in [0.29, 0.717) is 31.3 Å². The lowest BCUT2D eigenvalue weighted by molar-refractivity contribution is -0.138. The van der Waals surface area contributed by atoms with Crippen LogP contribution in [0.5, 0.6) is 0 Å². The first-order valence-corrected chi connectivity index (χ1v) is 12.5. The van der Waals surface area contributed by atoms with E-state index in [1.54, 1.807) is 12.1 Å². The zero-order chi connectivity index (χ0) is 23.9. The van der Waals surface area contributed by atoms with E-state index in [-0.39, 0.29) is 28.7 Å². The summed E-state index contributed by atoms with van der Waals surface area (Å²) < 4.78 is 46.4. The number of anilines is 1. The smallest absolute Gasteiger partial charge is 0.381 e. The second-order valence-corrected chi connectivity index (χ2v) is 10.7. The van der Waals surface area contributed by atoms with Gasteiger partial charge in [-0.2, -0.15) is 18.4 Å². The number of amides is 1. The zero-order valence-electron chi connectivity index (χ0n) is 19.4. The van der Waals surface area contributed by atoms with Crippen LogP contribution in [0.1, 0.15) is 56.1 Å². The van der Waals surface area contributed by atoms with E-state index >= 15 is 0 Å². The Labute approximate surface area is 198 Å². The Bertz CT molecular complexity index is 957. The first-order chi connectivity index (χ1) is 16.3. The number of alkyl halides is 3. The van der Waals surface area contributed by atoms with Crippen LogP contribution in [0.4, 0.5) is 18.9 Å². The predicted octanol–water partition coefficient (Wildman–Crippen LogP) is 4.85. The van der Waals surface area contributed by atoms with Gasteiger partial charge in [0.1, 0.15) is 0 Å². The number of benzene rings is 1. The second-order valence-electron chi connectivity index (χ2n) is 10.7. The normalized spacial score (nSPS) is 24.8. The van der Waals surface area contributed by atoms with Gasteiger partial charge in [0.05, 0.1) is 23.8 Å². The largest absolute Gasteiger partial charge is 0.417 e. The fourth-order valence-electron chi connectivity index (χ4n) is 5.84. The fourth-order valence-corrected chi connectivity index (χ4v) is 5.84. The van der Waals surface area contributed by atoms with Crippen molar-refractivity contribution in [2.45, 2.75) is 51.1 Å². The molecule has 2 saturated carbocycles. The molecule has 0 N–H and O–H groups in total. The van der Waals surface area contributed by atoms with Gasteiger partial charge in [-0.3, -0.25) is 4.79 Å². The van der Waals surface area contributed by atoms with Gasteiger partial charge in [-0.15, -0.1) is 0 Å². The van der Waals surface area contributed by atoms with E-state index in [2.05, 4.69) is 0 Å². The predicted molar refractivity (Wildman–Crippen MR) is 121 cm³/mol. The summed E-state index contributed by atoms with van der Waals surface area (Å²) in [5, 5.41) is 9.08. The minimum absolute atomic E-state index is 0.0427. The third-order valence-corrected chi connectivity index (χ3v) is 8.50. The number of likely N-dealkylation sites (tertiary alicyclic amines) is 1. The average Bonchev–Trinajstić information content (AvgIpc) is 3.54. The van der Waals surface area contributed by atoms with Gasteiger partial charge in [-0.1, -0.05) is 6.42 Å². The van der Waals surface area contributed by atoms with Gasteiger partial charge in [0.2, 0.25) is 5.91 Å². The van der Waals surface area contributed by atoms with Gasteiger partial charge >= 0.3 is 6.18 Å². The van der Waals surface area contributed by atoms with E-state index in [4.69, 9.17) is 10.00 Å². The van der Waals surface area contributed by atoms with Crippen LogP contribution in [0.15, 0.2) is 18.2 Å². The maximum Gasteiger partial charge on any atom is 0.417 e. The number of hydrogen-bond donors (Lipinski definition) is 0. The van der Waals surface area contributed by atoms with Crippen molar-refractivity contribution in [1.29, 1.82) is 5.26 Å². The molecule has 2 saturated heterocycles. The molecule has 0 bridgehead atoms. The van der Waals surface area contributed by atoms with Crippen molar-refractivity contribution in [1.82, 2.24) is 4.90 Å². The number of carbonyl (C=O) groups is 1. The molecule has 34 heavy (non-hydrogen) atoms. The van der Waals surface area contributed by atoms with Gasteiger partial charge in [-0.25, -0.2) is 0 Å². The third-order valence-electron chi connectivity index (χ3n) is 8.50. The van der Waals surface area contributed by atoms with Crippen LogP contribution < -0.4 is 4.90 Å². The number of rotatable bonds is 6. The summed E-state index contributed by atoms with van der Waals surface area (Å²) in [5.41, 5.74) is -0.766. The van der Waals surface area contributed by atoms with E-state index < -0.39 is 11.7 Å². The topological polar surface area (TPSA) is 56.6 Å². The first kappa shape index (κ1) is 23.5. The van der Waals surface area contributed by atoms with Crippen LogP contribution in [0.2, 0.25) is 0 Å². The zero-order valence-corrected chi connectivity index (χ0v) is 19.4. The van der Waals surface area contributed by atoms with E-state index in [1.165, 1.54) is 18.9 Å². The summed E-state index contributed by atoms with van der Waals surface area (Å²) in [7, 11) is 0. The SMILES string of the molecule is N#Cc1ccc(N2CCC3(CC2)CN(C(=O)C2CCC2)CC3COCC2CC2)cc1C(F)(F)F. The number of ether oxygens (including phenoxy) is 1. The Morgan fingerprint density at radius 1 is 1.15 bits per heavy atom. The third kappa shape index (κ3) is 4.64. The highest BCUT2D eigenvalue weighted by molar-refractivity contribution is 5.80. The van der Waals surface area contributed by atoms with Gasteiger partial charge in [0.25, 0.3) is 0 Å². The highest BCUT2D eigenvalue weighted by Crippen LogP contribution is 2.47. The highest BCUT2D eigenvalue weighted by Gasteiger charge is 2.50.